The Balaban J connectivity index is 4.90. The third-order valence-corrected chi connectivity index (χ3v) is 4.76. The molecular formula is C20H33NO10S. The molecule has 0 heterocycles. The van der Waals surface area contributed by atoms with Crippen molar-refractivity contribution in [2.75, 3.05) is 20.7 Å². The molecule has 0 aliphatic heterocycles. The predicted molar refractivity (Wildman–Crippen MR) is 114 cm³/mol. The maximum Gasteiger partial charge on any atom is 0.410 e. The highest BCUT2D eigenvalue weighted by Crippen LogP contribution is 2.31. The third kappa shape index (κ3) is 10.7. The number of carbonyl (C=O) groups excluding carboxylic acids is 5. The Bertz CT molecular complexity index is 706. The van der Waals surface area contributed by atoms with Crippen LogP contribution in [0.2, 0.25) is 0 Å². The molecule has 0 fully saturated rings. The summed E-state index contributed by atoms with van der Waals surface area (Å²) in [6.45, 7) is 11.5. The third-order valence-electron chi connectivity index (χ3n) is 3.71. The van der Waals surface area contributed by atoms with E-state index in [1.807, 2.05) is 0 Å². The number of methoxy groups -OCH3 is 1. The fraction of sp³-hybridized carbons (Fsp3) is 0.750. The van der Waals surface area contributed by atoms with Gasteiger partial charge in [-0.2, -0.15) is 0 Å². The summed E-state index contributed by atoms with van der Waals surface area (Å²) in [4.78, 5) is 59.8. The standard InChI is InChI=1S/C20H33NO10S/c1-18(2,3)14(23)28-10-30-16(25)21-12(13(22)27-9)20(7,8)32-17(26)31-11-29-15(24)19(4,5)6/h12H,10-11H2,1-9H3,(H,21,25)/t12-/m0/s1. The predicted octanol–water partition coefficient (Wildman–Crippen LogP) is 3.00. The topological polar surface area (TPSA) is 144 Å². The molecule has 32 heavy (non-hydrogen) atoms. The quantitative estimate of drug-likeness (QED) is 0.312. The second kappa shape index (κ2) is 11.9. The molecule has 12 heteroatoms. The molecule has 184 valence electrons. The summed E-state index contributed by atoms with van der Waals surface area (Å²) < 4.78 is 22.8. The van der Waals surface area contributed by atoms with Crippen LogP contribution in [0.1, 0.15) is 55.4 Å². The van der Waals surface area contributed by atoms with Gasteiger partial charge in [-0.1, -0.05) is 0 Å². The lowest BCUT2D eigenvalue weighted by Crippen LogP contribution is -2.53. The highest BCUT2D eigenvalue weighted by molar-refractivity contribution is 8.14. The van der Waals surface area contributed by atoms with Gasteiger partial charge in [0, 0.05) is 0 Å². The van der Waals surface area contributed by atoms with E-state index in [9.17, 15) is 24.0 Å². The van der Waals surface area contributed by atoms with Crippen molar-refractivity contribution in [2.45, 2.75) is 66.2 Å². The van der Waals surface area contributed by atoms with E-state index in [2.05, 4.69) is 10.1 Å². The van der Waals surface area contributed by atoms with Crippen LogP contribution in [-0.2, 0) is 38.1 Å². The Kier molecular flexibility index (Phi) is 11.0. The van der Waals surface area contributed by atoms with Crippen molar-refractivity contribution in [3.63, 3.8) is 0 Å². The second-order valence-electron chi connectivity index (χ2n) is 9.23. The van der Waals surface area contributed by atoms with Gasteiger partial charge < -0.3 is 29.0 Å². The first-order chi connectivity index (χ1) is 14.4. The molecule has 1 atom stereocenters. The minimum atomic E-state index is -1.33. The van der Waals surface area contributed by atoms with E-state index < -0.39 is 64.5 Å². The summed E-state index contributed by atoms with van der Waals surface area (Å²) in [5.74, 6) is -1.99. The number of amides is 1. The van der Waals surface area contributed by atoms with Crippen molar-refractivity contribution < 1.29 is 47.7 Å². The summed E-state index contributed by atoms with van der Waals surface area (Å²) >= 11 is 0.578. The van der Waals surface area contributed by atoms with E-state index in [0.717, 1.165) is 7.11 Å². The number of rotatable bonds is 8. The lowest BCUT2D eigenvalue weighted by atomic mass is 9.97. The van der Waals surface area contributed by atoms with Gasteiger partial charge in [0.05, 0.1) is 22.7 Å². The Morgan fingerprint density at radius 3 is 1.59 bits per heavy atom. The van der Waals surface area contributed by atoms with Gasteiger partial charge in [0.15, 0.2) is 0 Å². The number of ether oxygens (including phenoxy) is 5. The number of hydrogen-bond acceptors (Lipinski definition) is 11. The number of hydrogen-bond donors (Lipinski definition) is 1. The van der Waals surface area contributed by atoms with E-state index in [1.54, 1.807) is 41.5 Å². The van der Waals surface area contributed by atoms with Crippen molar-refractivity contribution in [2.24, 2.45) is 10.8 Å². The van der Waals surface area contributed by atoms with E-state index in [-0.39, 0.29) is 0 Å². The SMILES string of the molecule is COC(=O)[C@H](NC(=O)OCOC(=O)C(C)(C)C)C(C)(C)SC(=O)OCOC(=O)C(C)(C)C. The molecule has 0 aromatic rings. The van der Waals surface area contributed by atoms with Crippen LogP contribution in [0.4, 0.5) is 9.59 Å². The molecule has 1 amide bonds. The van der Waals surface area contributed by atoms with E-state index in [4.69, 9.17) is 18.9 Å². The monoisotopic (exact) mass is 479 g/mol. The second-order valence-corrected chi connectivity index (χ2v) is 10.8. The van der Waals surface area contributed by atoms with Crippen LogP contribution in [0.3, 0.4) is 0 Å². The summed E-state index contributed by atoms with van der Waals surface area (Å²) in [6, 6.07) is -1.33. The Hall–Kier alpha value is -2.50. The Morgan fingerprint density at radius 1 is 0.750 bits per heavy atom. The van der Waals surface area contributed by atoms with Crippen LogP contribution in [-0.4, -0.2) is 60.8 Å². The van der Waals surface area contributed by atoms with Gasteiger partial charge in [-0.05, 0) is 67.2 Å². The molecule has 0 aromatic carbocycles. The molecule has 0 aliphatic rings. The molecule has 0 bridgehead atoms. The average Bonchev–Trinajstić information content (AvgIpc) is 2.63. The molecule has 0 saturated carbocycles. The average molecular weight is 480 g/mol. The van der Waals surface area contributed by atoms with Crippen LogP contribution in [0, 0.1) is 10.8 Å². The van der Waals surface area contributed by atoms with Gasteiger partial charge in [0.2, 0.25) is 13.6 Å². The highest BCUT2D eigenvalue weighted by Gasteiger charge is 2.41. The summed E-state index contributed by atoms with van der Waals surface area (Å²) in [5.41, 5.74) is -1.55. The van der Waals surface area contributed by atoms with Gasteiger partial charge in [-0.25, -0.2) is 14.4 Å². The van der Waals surface area contributed by atoms with Crippen LogP contribution in [0.25, 0.3) is 0 Å². The number of thioether (sulfide) groups is 1. The highest BCUT2D eigenvalue weighted by atomic mass is 32.2. The van der Waals surface area contributed by atoms with Crippen LogP contribution < -0.4 is 5.32 Å². The maximum atomic E-state index is 12.2. The molecular weight excluding hydrogens is 446 g/mol. The molecule has 0 aromatic heterocycles. The zero-order valence-corrected chi connectivity index (χ0v) is 20.8. The fourth-order valence-electron chi connectivity index (χ4n) is 1.80. The van der Waals surface area contributed by atoms with Crippen molar-refractivity contribution >= 4 is 41.1 Å². The number of esters is 3. The maximum absolute atomic E-state index is 12.2. The zero-order valence-electron chi connectivity index (χ0n) is 20.0. The normalized spacial score (nSPS) is 12.8. The van der Waals surface area contributed by atoms with E-state index in [1.165, 1.54) is 13.8 Å². The van der Waals surface area contributed by atoms with Gasteiger partial charge in [0.25, 0.3) is 0 Å². The van der Waals surface area contributed by atoms with Crippen molar-refractivity contribution in [3.8, 4) is 0 Å². The number of carbonyl (C=O) groups is 5. The summed E-state index contributed by atoms with van der Waals surface area (Å²) in [6.07, 6.45) is -1.07. The lowest BCUT2D eigenvalue weighted by Gasteiger charge is -2.30. The molecule has 0 unspecified atom stereocenters. The molecule has 0 saturated heterocycles. The van der Waals surface area contributed by atoms with Gasteiger partial charge in [-0.15, -0.1) is 0 Å². The molecule has 11 nitrogen and oxygen atoms in total. The number of nitrogens with one attached hydrogen (secondary N) is 1. The van der Waals surface area contributed by atoms with Gasteiger partial charge in [0.1, 0.15) is 6.04 Å². The molecule has 0 radical (unpaired) electrons. The first-order valence-corrected chi connectivity index (χ1v) is 10.4. The van der Waals surface area contributed by atoms with Gasteiger partial charge in [-0.3, -0.25) is 9.59 Å². The van der Waals surface area contributed by atoms with E-state index in [0.29, 0.717) is 11.8 Å². The zero-order chi connectivity index (χ0) is 25.3. The first-order valence-electron chi connectivity index (χ1n) is 9.63. The molecule has 0 rings (SSSR count). The van der Waals surface area contributed by atoms with Crippen molar-refractivity contribution in [3.05, 3.63) is 0 Å². The smallest absolute Gasteiger partial charge is 0.410 e. The molecule has 0 aliphatic carbocycles. The minimum Gasteiger partial charge on any atom is -0.467 e. The first kappa shape index (κ1) is 29.5. The Morgan fingerprint density at radius 2 is 1.19 bits per heavy atom. The number of alkyl carbamates (subject to hydrolysis) is 1. The van der Waals surface area contributed by atoms with Crippen LogP contribution in [0.5, 0.6) is 0 Å². The summed E-state index contributed by atoms with van der Waals surface area (Å²) in [5, 5.41) is 1.43. The van der Waals surface area contributed by atoms with Crippen molar-refractivity contribution in [1.29, 1.82) is 0 Å². The molecule has 0 spiro atoms. The minimum absolute atomic E-state index is 0.557. The largest absolute Gasteiger partial charge is 0.467 e. The lowest BCUT2D eigenvalue weighted by molar-refractivity contribution is -0.162. The van der Waals surface area contributed by atoms with Crippen molar-refractivity contribution in [1.82, 2.24) is 5.32 Å². The Labute approximate surface area is 192 Å². The molecule has 1 N–H and O–H groups in total. The van der Waals surface area contributed by atoms with Crippen LogP contribution >= 0.6 is 11.8 Å². The van der Waals surface area contributed by atoms with Crippen LogP contribution in [0.15, 0.2) is 0 Å². The van der Waals surface area contributed by atoms with Gasteiger partial charge >= 0.3 is 29.3 Å². The fourth-order valence-corrected chi connectivity index (χ4v) is 2.61. The summed E-state index contributed by atoms with van der Waals surface area (Å²) in [7, 11) is 1.11. The van der Waals surface area contributed by atoms with E-state index >= 15 is 0 Å².